The van der Waals surface area contributed by atoms with E-state index in [-0.39, 0.29) is 3.57 Å². The van der Waals surface area contributed by atoms with Gasteiger partial charge in [0.15, 0.2) is 0 Å². The van der Waals surface area contributed by atoms with Crippen LogP contribution in [0.15, 0.2) is 12.1 Å². The second-order valence-electron chi connectivity index (χ2n) is 4.69. The number of hydrogen-bond acceptors (Lipinski definition) is 4. The van der Waals surface area contributed by atoms with Crippen molar-refractivity contribution >= 4 is 83.9 Å². The molecule has 0 bridgehead atoms. The molecule has 5 nitrogen and oxygen atoms in total. The van der Waals surface area contributed by atoms with Crippen LogP contribution in [0.5, 0.6) is 0 Å². The minimum atomic E-state index is -6.36. The minimum Gasteiger partial charge on any atom is -0.435 e. The summed E-state index contributed by atoms with van der Waals surface area (Å²) >= 11 is 4.89. The highest BCUT2D eigenvalue weighted by molar-refractivity contribution is 14.1. The van der Waals surface area contributed by atoms with Gasteiger partial charge in [-0.3, -0.25) is 4.55 Å². The SMILES string of the molecule is O=C(OC(CS(=O)(=O)O)(C(F)(F)F)C(F)(F)F)c1cc(I)cc(I)c1I. The normalized spacial score (nSPS) is 13.6. The molecule has 0 saturated heterocycles. The first-order valence-corrected chi connectivity index (χ1v) is 10.7. The van der Waals surface area contributed by atoms with E-state index < -0.39 is 45.4 Å². The monoisotopic (exact) mass is 744 g/mol. The van der Waals surface area contributed by atoms with Crippen molar-refractivity contribution in [3.8, 4) is 0 Å². The second-order valence-corrected chi connectivity index (χ2v) is 9.63. The zero-order chi connectivity index (χ0) is 20.7. The van der Waals surface area contributed by atoms with Gasteiger partial charge >= 0.3 is 23.9 Å². The lowest BCUT2D eigenvalue weighted by Crippen LogP contribution is -2.63. The summed E-state index contributed by atoms with van der Waals surface area (Å²) in [4.78, 5) is 12.1. The van der Waals surface area contributed by atoms with E-state index in [4.69, 9.17) is 4.55 Å². The average Bonchev–Trinajstić information content (AvgIpc) is 2.37. The quantitative estimate of drug-likeness (QED) is 0.163. The third-order valence-electron chi connectivity index (χ3n) is 2.78. The smallest absolute Gasteiger partial charge is 0.435 e. The van der Waals surface area contributed by atoms with Gasteiger partial charge in [-0.2, -0.15) is 34.8 Å². The van der Waals surface area contributed by atoms with E-state index in [0.717, 1.165) is 6.07 Å². The van der Waals surface area contributed by atoms with Gasteiger partial charge in [0, 0.05) is 10.7 Å². The van der Waals surface area contributed by atoms with Crippen molar-refractivity contribution in [2.45, 2.75) is 18.0 Å². The van der Waals surface area contributed by atoms with Crippen LogP contribution in [0.2, 0.25) is 0 Å². The van der Waals surface area contributed by atoms with Crippen molar-refractivity contribution in [2.24, 2.45) is 0 Å². The van der Waals surface area contributed by atoms with E-state index in [1.165, 1.54) is 28.7 Å². The molecule has 15 heteroatoms. The number of halogens is 9. The van der Waals surface area contributed by atoms with E-state index in [9.17, 15) is 39.6 Å². The average molecular weight is 744 g/mol. The molecule has 1 aromatic rings. The van der Waals surface area contributed by atoms with E-state index in [1.54, 1.807) is 45.2 Å². The van der Waals surface area contributed by atoms with E-state index in [2.05, 4.69) is 4.74 Å². The molecule has 0 aliphatic carbocycles. The van der Waals surface area contributed by atoms with Crippen LogP contribution in [0, 0.1) is 10.7 Å². The summed E-state index contributed by atoms with van der Waals surface area (Å²) in [7, 11) is -5.82. The van der Waals surface area contributed by atoms with Crippen LogP contribution >= 0.6 is 67.8 Å². The van der Waals surface area contributed by atoms with Crippen molar-refractivity contribution in [3.05, 3.63) is 28.4 Å². The Morgan fingerprint density at radius 1 is 1.04 bits per heavy atom. The maximum atomic E-state index is 13.2. The fourth-order valence-corrected chi connectivity index (χ4v) is 4.92. The molecule has 148 valence electrons. The van der Waals surface area contributed by atoms with Crippen LogP contribution in [0.4, 0.5) is 26.3 Å². The maximum absolute atomic E-state index is 13.2. The molecule has 0 amide bonds. The fraction of sp³-hybridized carbons (Fsp3) is 0.364. The zero-order valence-corrected chi connectivity index (χ0v) is 19.0. The summed E-state index contributed by atoms with van der Waals surface area (Å²) in [5.41, 5.74) is -6.05. The number of ether oxygens (including phenoxy) is 1. The van der Waals surface area contributed by atoms with Crippen LogP contribution < -0.4 is 0 Å². The lowest BCUT2D eigenvalue weighted by molar-refractivity contribution is -0.356. The minimum absolute atomic E-state index is 0.0127. The Morgan fingerprint density at radius 2 is 1.50 bits per heavy atom. The van der Waals surface area contributed by atoms with E-state index in [1.807, 2.05) is 0 Å². The highest BCUT2D eigenvalue weighted by Gasteiger charge is 2.76. The molecule has 0 aliphatic rings. The predicted octanol–water partition coefficient (Wildman–Crippen LogP) is 4.41. The predicted molar refractivity (Wildman–Crippen MR) is 101 cm³/mol. The molecule has 1 aromatic carbocycles. The van der Waals surface area contributed by atoms with Gasteiger partial charge < -0.3 is 4.74 Å². The van der Waals surface area contributed by atoms with Gasteiger partial charge in [0.1, 0.15) is 5.75 Å². The third-order valence-corrected chi connectivity index (χ3v) is 7.22. The summed E-state index contributed by atoms with van der Waals surface area (Å²) in [5, 5.41) is 0. The van der Waals surface area contributed by atoms with Crippen LogP contribution in [-0.2, 0) is 14.9 Å². The summed E-state index contributed by atoms with van der Waals surface area (Å²) in [6.45, 7) is 0. The number of carbonyl (C=O) groups is 1. The molecule has 1 rings (SSSR count). The van der Waals surface area contributed by atoms with Gasteiger partial charge in [-0.05, 0) is 79.9 Å². The molecule has 0 aliphatic heterocycles. The number of esters is 1. The number of rotatable bonds is 4. The highest BCUT2D eigenvalue weighted by Crippen LogP contribution is 2.47. The molecule has 0 saturated carbocycles. The molecule has 0 atom stereocenters. The molecule has 1 N–H and O–H groups in total. The van der Waals surface area contributed by atoms with E-state index in [0.29, 0.717) is 7.14 Å². The summed E-state index contributed by atoms with van der Waals surface area (Å²) in [5.74, 6) is -4.96. The van der Waals surface area contributed by atoms with E-state index >= 15 is 0 Å². The Labute approximate surface area is 183 Å². The van der Waals surface area contributed by atoms with Crippen molar-refractivity contribution in [1.82, 2.24) is 0 Å². The molecule has 0 heterocycles. The van der Waals surface area contributed by atoms with Crippen LogP contribution in [-0.4, -0.2) is 42.6 Å². The Kier molecular flexibility index (Phi) is 7.52. The van der Waals surface area contributed by atoms with Gasteiger partial charge in [-0.1, -0.05) is 0 Å². The Balaban J connectivity index is 3.58. The summed E-state index contributed by atoms with van der Waals surface area (Å²) in [6, 6.07) is 2.48. The maximum Gasteiger partial charge on any atom is 0.438 e. The van der Waals surface area contributed by atoms with Gasteiger partial charge in [0.05, 0.1) is 5.56 Å². The molecule has 0 aromatic heterocycles. The lowest BCUT2D eigenvalue weighted by atomic mass is 10.1. The summed E-state index contributed by atoms with van der Waals surface area (Å²) < 4.78 is 113. The Bertz CT molecular complexity index is 807. The third kappa shape index (κ3) is 5.46. The lowest BCUT2D eigenvalue weighted by Gasteiger charge is -2.35. The first-order chi connectivity index (χ1) is 11.4. The molecule has 0 spiro atoms. The van der Waals surface area contributed by atoms with Crippen molar-refractivity contribution in [1.29, 1.82) is 0 Å². The van der Waals surface area contributed by atoms with Gasteiger partial charge in [-0.25, -0.2) is 4.79 Å². The topological polar surface area (TPSA) is 80.7 Å². The Morgan fingerprint density at radius 3 is 1.88 bits per heavy atom. The Hall–Kier alpha value is 0.370. The fourth-order valence-electron chi connectivity index (χ4n) is 1.64. The largest absolute Gasteiger partial charge is 0.438 e. The number of benzene rings is 1. The molecular formula is C11H5F6I3O5S. The van der Waals surface area contributed by atoms with Crippen LogP contribution in [0.1, 0.15) is 10.4 Å². The number of carbonyl (C=O) groups excluding carboxylic acids is 1. The standard InChI is InChI=1S/C11H5F6I3O5S/c12-10(13,14)9(11(15,16)17,3-26(22,23)24)25-8(21)5-1-4(18)2-6(19)7(5)20/h1-2H,3H2,(H,22,23,24). The molecule has 26 heavy (non-hydrogen) atoms. The number of hydrogen-bond donors (Lipinski definition) is 1. The molecule has 0 radical (unpaired) electrons. The van der Waals surface area contributed by atoms with Crippen molar-refractivity contribution < 1.29 is 48.8 Å². The van der Waals surface area contributed by atoms with Gasteiger partial charge in [-0.15, -0.1) is 0 Å². The molecular weight excluding hydrogens is 739 g/mol. The van der Waals surface area contributed by atoms with Gasteiger partial charge in [0.25, 0.3) is 10.1 Å². The first kappa shape index (κ1) is 24.4. The van der Waals surface area contributed by atoms with Crippen LogP contribution in [0.25, 0.3) is 0 Å². The summed E-state index contributed by atoms with van der Waals surface area (Å²) in [6.07, 6.45) is -12.7. The van der Waals surface area contributed by atoms with Crippen molar-refractivity contribution in [2.75, 3.05) is 5.75 Å². The van der Waals surface area contributed by atoms with Crippen LogP contribution in [0.3, 0.4) is 0 Å². The van der Waals surface area contributed by atoms with Gasteiger partial charge in [0.2, 0.25) is 0 Å². The zero-order valence-electron chi connectivity index (χ0n) is 11.8. The number of alkyl halides is 6. The molecule has 0 fully saturated rings. The highest BCUT2D eigenvalue weighted by atomic mass is 127. The van der Waals surface area contributed by atoms with Crippen molar-refractivity contribution in [3.63, 3.8) is 0 Å². The molecule has 0 unspecified atom stereocenters. The first-order valence-electron chi connectivity index (χ1n) is 5.88. The second kappa shape index (κ2) is 8.01.